The van der Waals surface area contributed by atoms with Gasteiger partial charge >= 0.3 is 0 Å². The van der Waals surface area contributed by atoms with E-state index in [9.17, 15) is 10.1 Å². The van der Waals surface area contributed by atoms with E-state index in [1.807, 2.05) is 43.3 Å². The third-order valence-corrected chi connectivity index (χ3v) is 4.18. The van der Waals surface area contributed by atoms with Crippen molar-refractivity contribution in [3.8, 4) is 17.9 Å². The number of aryl methyl sites for hydroxylation is 2. The lowest BCUT2D eigenvalue weighted by Crippen LogP contribution is -2.05. The fraction of sp³-hybridized carbons (Fsp3) is 0.182. The van der Waals surface area contributed by atoms with Gasteiger partial charge in [0.2, 0.25) is 5.91 Å². The van der Waals surface area contributed by atoms with Crippen molar-refractivity contribution in [2.75, 3.05) is 5.32 Å². The van der Waals surface area contributed by atoms with Crippen molar-refractivity contribution in [2.45, 2.75) is 27.3 Å². The monoisotopic (exact) mass is 341 g/mol. The van der Waals surface area contributed by atoms with E-state index >= 15 is 0 Å². The smallest absolute Gasteiger partial charge is 0.221 e. The number of carbonyl (C=O) groups is 1. The van der Waals surface area contributed by atoms with E-state index in [-0.39, 0.29) is 5.91 Å². The molecule has 0 radical (unpaired) electrons. The van der Waals surface area contributed by atoms with Crippen molar-refractivity contribution in [1.29, 1.82) is 5.26 Å². The zero-order valence-electron chi connectivity index (χ0n) is 15.1. The van der Waals surface area contributed by atoms with Gasteiger partial charge in [-0.2, -0.15) is 5.26 Å². The molecule has 0 saturated heterocycles. The van der Waals surface area contributed by atoms with Gasteiger partial charge in [-0.25, -0.2) is 0 Å². The third-order valence-electron chi connectivity index (χ3n) is 4.18. The molecule has 0 aliphatic rings. The van der Waals surface area contributed by atoms with E-state index in [1.165, 1.54) is 6.92 Å². The van der Waals surface area contributed by atoms with Crippen LogP contribution in [0.3, 0.4) is 0 Å². The maximum atomic E-state index is 11.1. The maximum absolute atomic E-state index is 11.1. The van der Waals surface area contributed by atoms with Crippen LogP contribution in [-0.4, -0.2) is 10.5 Å². The van der Waals surface area contributed by atoms with Gasteiger partial charge in [0.15, 0.2) is 0 Å². The average Bonchev–Trinajstić information content (AvgIpc) is 2.92. The molecule has 0 unspecified atom stereocenters. The largest absolute Gasteiger partial charge is 0.333 e. The number of anilines is 1. The molecule has 0 atom stereocenters. The molecule has 26 heavy (non-hydrogen) atoms. The van der Waals surface area contributed by atoms with Crippen molar-refractivity contribution in [3.05, 3.63) is 64.8 Å². The Kier molecular flexibility index (Phi) is 4.78. The van der Waals surface area contributed by atoms with Crippen LogP contribution in [0, 0.1) is 30.1 Å². The van der Waals surface area contributed by atoms with Gasteiger partial charge in [-0.05, 0) is 55.7 Å². The SMILES string of the molecule is CCn1c(C#Cc2ccc(NC(C)=O)cc2)c(C#N)c2ccc(C)cc21. The summed E-state index contributed by atoms with van der Waals surface area (Å²) in [4.78, 5) is 11.1. The molecule has 128 valence electrons. The lowest BCUT2D eigenvalue weighted by Gasteiger charge is -2.03. The lowest BCUT2D eigenvalue weighted by atomic mass is 10.1. The molecule has 3 rings (SSSR count). The van der Waals surface area contributed by atoms with Gasteiger partial charge in [-0.1, -0.05) is 18.1 Å². The van der Waals surface area contributed by atoms with Gasteiger partial charge in [0.05, 0.1) is 11.1 Å². The highest BCUT2D eigenvalue weighted by molar-refractivity contribution is 5.90. The van der Waals surface area contributed by atoms with E-state index in [0.717, 1.165) is 40.0 Å². The zero-order chi connectivity index (χ0) is 18.7. The van der Waals surface area contributed by atoms with Gasteiger partial charge in [0.25, 0.3) is 0 Å². The number of hydrogen-bond donors (Lipinski definition) is 1. The normalized spacial score (nSPS) is 10.1. The number of aromatic nitrogens is 1. The molecule has 0 saturated carbocycles. The summed E-state index contributed by atoms with van der Waals surface area (Å²) in [7, 11) is 0. The highest BCUT2D eigenvalue weighted by Gasteiger charge is 2.14. The topological polar surface area (TPSA) is 57.8 Å². The summed E-state index contributed by atoms with van der Waals surface area (Å²) in [5, 5.41) is 13.3. The molecular formula is C22H19N3O. The number of rotatable bonds is 2. The third kappa shape index (κ3) is 3.31. The van der Waals surface area contributed by atoms with Crippen molar-refractivity contribution in [3.63, 3.8) is 0 Å². The second-order valence-corrected chi connectivity index (χ2v) is 6.11. The Labute approximate surface area is 153 Å². The fourth-order valence-electron chi connectivity index (χ4n) is 3.00. The summed E-state index contributed by atoms with van der Waals surface area (Å²) in [6, 6.07) is 15.7. The number of benzene rings is 2. The summed E-state index contributed by atoms with van der Waals surface area (Å²) in [5.41, 5.74) is 5.10. The summed E-state index contributed by atoms with van der Waals surface area (Å²) < 4.78 is 2.08. The van der Waals surface area contributed by atoms with Crippen LogP contribution in [0.5, 0.6) is 0 Å². The molecule has 4 heteroatoms. The molecule has 1 aromatic heterocycles. The zero-order valence-corrected chi connectivity index (χ0v) is 15.1. The molecule has 1 N–H and O–H groups in total. The Morgan fingerprint density at radius 3 is 2.50 bits per heavy atom. The van der Waals surface area contributed by atoms with Crippen LogP contribution >= 0.6 is 0 Å². The standard InChI is InChI=1S/C22H19N3O/c1-4-25-21(20(14-23)19-11-5-15(2)13-22(19)25)12-8-17-6-9-18(10-7-17)24-16(3)26/h5-7,9-11,13H,4H2,1-3H3,(H,24,26). The van der Waals surface area contributed by atoms with Crippen LogP contribution in [-0.2, 0) is 11.3 Å². The molecule has 0 spiro atoms. The molecule has 0 fully saturated rings. The van der Waals surface area contributed by atoms with Gasteiger partial charge < -0.3 is 9.88 Å². The van der Waals surface area contributed by atoms with E-state index in [2.05, 4.69) is 40.8 Å². The van der Waals surface area contributed by atoms with Crippen molar-refractivity contribution < 1.29 is 4.79 Å². The van der Waals surface area contributed by atoms with Crippen LogP contribution in [0.2, 0.25) is 0 Å². The van der Waals surface area contributed by atoms with Crippen LogP contribution in [0.4, 0.5) is 5.69 Å². The number of nitrogens with zero attached hydrogens (tertiary/aromatic N) is 2. The van der Waals surface area contributed by atoms with Crippen molar-refractivity contribution in [1.82, 2.24) is 4.57 Å². The summed E-state index contributed by atoms with van der Waals surface area (Å²) in [6.45, 7) is 6.31. The molecule has 3 aromatic rings. The molecule has 2 aromatic carbocycles. The second kappa shape index (κ2) is 7.17. The number of nitrogens with one attached hydrogen (secondary N) is 1. The van der Waals surface area contributed by atoms with Gasteiger partial charge in [-0.15, -0.1) is 0 Å². The summed E-state index contributed by atoms with van der Waals surface area (Å²) >= 11 is 0. The summed E-state index contributed by atoms with van der Waals surface area (Å²) in [5.74, 6) is 6.20. The van der Waals surface area contributed by atoms with Crippen molar-refractivity contribution in [2.24, 2.45) is 0 Å². The van der Waals surface area contributed by atoms with Crippen LogP contribution < -0.4 is 5.32 Å². The predicted octanol–water partition coefficient (Wildman–Crippen LogP) is 4.20. The molecule has 1 amide bonds. The maximum Gasteiger partial charge on any atom is 0.221 e. The minimum absolute atomic E-state index is 0.106. The molecule has 0 aliphatic carbocycles. The Morgan fingerprint density at radius 1 is 1.15 bits per heavy atom. The van der Waals surface area contributed by atoms with E-state index in [4.69, 9.17) is 0 Å². The molecule has 4 nitrogen and oxygen atoms in total. The average molecular weight is 341 g/mol. The number of amides is 1. The Morgan fingerprint density at radius 2 is 1.88 bits per heavy atom. The molecule has 0 aliphatic heterocycles. The molecule has 0 bridgehead atoms. The van der Waals surface area contributed by atoms with Gasteiger partial charge in [-0.3, -0.25) is 4.79 Å². The second-order valence-electron chi connectivity index (χ2n) is 6.11. The fourth-order valence-corrected chi connectivity index (χ4v) is 3.00. The Balaban J connectivity index is 2.06. The minimum atomic E-state index is -0.106. The van der Waals surface area contributed by atoms with E-state index in [0.29, 0.717) is 5.56 Å². The summed E-state index contributed by atoms with van der Waals surface area (Å²) in [6.07, 6.45) is 0. The highest BCUT2D eigenvalue weighted by Crippen LogP contribution is 2.26. The van der Waals surface area contributed by atoms with E-state index in [1.54, 1.807) is 0 Å². The number of hydrogen-bond acceptors (Lipinski definition) is 2. The Bertz CT molecular complexity index is 1090. The van der Waals surface area contributed by atoms with E-state index < -0.39 is 0 Å². The first-order chi connectivity index (χ1) is 12.5. The van der Waals surface area contributed by atoms with Gasteiger partial charge in [0, 0.05) is 30.1 Å². The first-order valence-corrected chi connectivity index (χ1v) is 8.46. The quantitative estimate of drug-likeness (QED) is 0.710. The first-order valence-electron chi connectivity index (χ1n) is 8.46. The predicted molar refractivity (Wildman–Crippen MR) is 104 cm³/mol. The Hall–Kier alpha value is -3.50. The van der Waals surface area contributed by atoms with Crippen LogP contribution in [0.25, 0.3) is 10.9 Å². The lowest BCUT2D eigenvalue weighted by molar-refractivity contribution is -0.114. The van der Waals surface area contributed by atoms with Crippen LogP contribution in [0.1, 0.15) is 36.2 Å². The number of nitriles is 1. The van der Waals surface area contributed by atoms with Crippen molar-refractivity contribution >= 4 is 22.5 Å². The highest BCUT2D eigenvalue weighted by atomic mass is 16.1. The van der Waals surface area contributed by atoms with Crippen LogP contribution in [0.15, 0.2) is 42.5 Å². The minimum Gasteiger partial charge on any atom is -0.333 e. The van der Waals surface area contributed by atoms with Gasteiger partial charge in [0.1, 0.15) is 11.8 Å². The molecule has 1 heterocycles. The number of fused-ring (bicyclic) bond motifs is 1. The molecular weight excluding hydrogens is 322 g/mol. The first kappa shape index (κ1) is 17.3. The number of carbonyl (C=O) groups excluding carboxylic acids is 1.